The van der Waals surface area contributed by atoms with Crippen LogP contribution in [0.2, 0.25) is 0 Å². The van der Waals surface area contributed by atoms with Crippen molar-refractivity contribution < 1.29 is 9.90 Å². The number of hydrogen-bond acceptors (Lipinski definition) is 3. The standard InChI is InChI=1S/C12H24N2O2/c1-5-6-14-9-12(2,3)8-13(4)10(7-15)11(14)16/h10,15H,5-9H2,1-4H3. The minimum Gasteiger partial charge on any atom is -0.394 e. The highest BCUT2D eigenvalue weighted by atomic mass is 16.3. The van der Waals surface area contributed by atoms with Gasteiger partial charge in [-0.25, -0.2) is 0 Å². The van der Waals surface area contributed by atoms with Gasteiger partial charge >= 0.3 is 0 Å². The lowest BCUT2D eigenvalue weighted by Crippen LogP contribution is -2.46. The van der Waals surface area contributed by atoms with E-state index in [0.29, 0.717) is 0 Å². The van der Waals surface area contributed by atoms with Crippen LogP contribution in [0.15, 0.2) is 0 Å². The zero-order valence-electron chi connectivity index (χ0n) is 10.9. The van der Waals surface area contributed by atoms with Gasteiger partial charge in [0.05, 0.1) is 6.61 Å². The molecule has 1 saturated heterocycles. The van der Waals surface area contributed by atoms with Crippen molar-refractivity contribution in [3.05, 3.63) is 0 Å². The second-order valence-electron chi connectivity index (χ2n) is 5.54. The van der Waals surface area contributed by atoms with Crippen LogP contribution >= 0.6 is 0 Å². The van der Waals surface area contributed by atoms with Crippen molar-refractivity contribution in [3.8, 4) is 0 Å². The summed E-state index contributed by atoms with van der Waals surface area (Å²) in [6.07, 6.45) is 0.962. The average Bonchev–Trinajstić information content (AvgIpc) is 2.23. The van der Waals surface area contributed by atoms with Gasteiger partial charge in [0.15, 0.2) is 0 Å². The third kappa shape index (κ3) is 2.95. The molecule has 0 aromatic rings. The summed E-state index contributed by atoms with van der Waals surface area (Å²) in [6.45, 7) is 8.71. The summed E-state index contributed by atoms with van der Waals surface area (Å²) in [6, 6.07) is -0.367. The topological polar surface area (TPSA) is 43.8 Å². The third-order valence-corrected chi connectivity index (χ3v) is 3.09. The van der Waals surface area contributed by atoms with Gasteiger partial charge in [-0.05, 0) is 18.9 Å². The highest BCUT2D eigenvalue weighted by molar-refractivity contribution is 5.82. The quantitative estimate of drug-likeness (QED) is 0.767. The monoisotopic (exact) mass is 228 g/mol. The Hall–Kier alpha value is -0.610. The molecule has 0 aromatic heterocycles. The maximum atomic E-state index is 12.2. The molecular formula is C12H24N2O2. The first kappa shape index (κ1) is 13.5. The van der Waals surface area contributed by atoms with Crippen molar-refractivity contribution in [2.75, 3.05) is 33.3 Å². The zero-order valence-corrected chi connectivity index (χ0v) is 10.9. The van der Waals surface area contributed by atoms with Crippen LogP contribution in [-0.2, 0) is 4.79 Å². The molecule has 1 unspecified atom stereocenters. The summed E-state index contributed by atoms with van der Waals surface area (Å²) in [5.41, 5.74) is 0.0868. The Labute approximate surface area is 98.2 Å². The number of aliphatic hydroxyl groups is 1. The number of carbonyl (C=O) groups excluding carboxylic acids is 1. The smallest absolute Gasteiger partial charge is 0.242 e. The molecule has 0 saturated carbocycles. The third-order valence-electron chi connectivity index (χ3n) is 3.09. The average molecular weight is 228 g/mol. The molecule has 94 valence electrons. The fourth-order valence-corrected chi connectivity index (χ4v) is 2.51. The largest absolute Gasteiger partial charge is 0.394 e. The van der Waals surface area contributed by atoms with Gasteiger partial charge in [0.1, 0.15) is 6.04 Å². The van der Waals surface area contributed by atoms with Crippen molar-refractivity contribution in [1.29, 1.82) is 0 Å². The fourth-order valence-electron chi connectivity index (χ4n) is 2.51. The minimum absolute atomic E-state index is 0.0671. The Morgan fingerprint density at radius 3 is 2.56 bits per heavy atom. The lowest BCUT2D eigenvalue weighted by atomic mass is 9.92. The van der Waals surface area contributed by atoms with E-state index in [1.807, 2.05) is 16.8 Å². The number of likely N-dealkylation sites (N-methyl/N-ethyl adjacent to an activating group) is 1. The van der Waals surface area contributed by atoms with E-state index in [-0.39, 0.29) is 24.0 Å². The van der Waals surface area contributed by atoms with Gasteiger partial charge in [-0.3, -0.25) is 9.69 Å². The lowest BCUT2D eigenvalue weighted by molar-refractivity contribution is -0.136. The normalized spacial score (nSPS) is 26.9. The van der Waals surface area contributed by atoms with Crippen LogP contribution in [0.1, 0.15) is 27.2 Å². The first-order chi connectivity index (χ1) is 7.41. The number of hydrogen-bond donors (Lipinski definition) is 1. The van der Waals surface area contributed by atoms with Crippen LogP contribution in [0.25, 0.3) is 0 Å². The molecule has 0 spiro atoms. The van der Waals surface area contributed by atoms with Crippen LogP contribution in [-0.4, -0.2) is 60.1 Å². The second kappa shape index (κ2) is 5.15. The van der Waals surface area contributed by atoms with Crippen LogP contribution in [0.4, 0.5) is 0 Å². The van der Waals surface area contributed by atoms with Crippen LogP contribution in [0.3, 0.4) is 0 Å². The summed E-state index contributed by atoms with van der Waals surface area (Å²) < 4.78 is 0. The molecule has 1 atom stereocenters. The van der Waals surface area contributed by atoms with E-state index in [2.05, 4.69) is 20.8 Å². The van der Waals surface area contributed by atoms with Gasteiger partial charge in [-0.2, -0.15) is 0 Å². The summed E-state index contributed by atoms with van der Waals surface area (Å²) in [5.74, 6) is 0.0671. The van der Waals surface area contributed by atoms with E-state index in [1.165, 1.54) is 0 Å². The lowest BCUT2D eigenvalue weighted by Gasteiger charge is -2.29. The molecule has 1 N–H and O–H groups in total. The first-order valence-electron chi connectivity index (χ1n) is 6.01. The highest BCUT2D eigenvalue weighted by Gasteiger charge is 2.36. The Kier molecular flexibility index (Phi) is 4.33. The number of aliphatic hydroxyl groups excluding tert-OH is 1. The van der Waals surface area contributed by atoms with Crippen LogP contribution in [0, 0.1) is 5.41 Å². The molecule has 0 bridgehead atoms. The van der Waals surface area contributed by atoms with Crippen LogP contribution < -0.4 is 0 Å². The molecule has 0 aromatic carbocycles. The molecule has 1 rings (SSSR count). The summed E-state index contributed by atoms with van der Waals surface area (Å²) in [5, 5.41) is 9.32. The van der Waals surface area contributed by atoms with Crippen LogP contribution in [0.5, 0.6) is 0 Å². The molecule has 1 amide bonds. The number of amides is 1. The van der Waals surface area contributed by atoms with E-state index in [1.54, 1.807) is 0 Å². The molecule has 1 fully saturated rings. The Morgan fingerprint density at radius 2 is 2.06 bits per heavy atom. The molecule has 1 heterocycles. The number of rotatable bonds is 3. The zero-order chi connectivity index (χ0) is 12.3. The molecule has 4 nitrogen and oxygen atoms in total. The van der Waals surface area contributed by atoms with E-state index in [9.17, 15) is 9.90 Å². The second-order valence-corrected chi connectivity index (χ2v) is 5.54. The first-order valence-corrected chi connectivity index (χ1v) is 6.01. The Bertz CT molecular complexity index is 253. The number of carbonyl (C=O) groups is 1. The summed E-state index contributed by atoms with van der Waals surface area (Å²) >= 11 is 0. The molecule has 1 aliphatic rings. The van der Waals surface area contributed by atoms with Gasteiger partial charge in [-0.1, -0.05) is 20.8 Å². The van der Waals surface area contributed by atoms with Gasteiger partial charge in [-0.15, -0.1) is 0 Å². The van der Waals surface area contributed by atoms with E-state index >= 15 is 0 Å². The number of nitrogens with zero attached hydrogens (tertiary/aromatic N) is 2. The summed E-state index contributed by atoms with van der Waals surface area (Å²) in [4.78, 5) is 16.1. The highest BCUT2D eigenvalue weighted by Crippen LogP contribution is 2.24. The fraction of sp³-hybridized carbons (Fsp3) is 0.917. The van der Waals surface area contributed by atoms with E-state index in [4.69, 9.17) is 0 Å². The molecule has 16 heavy (non-hydrogen) atoms. The van der Waals surface area contributed by atoms with E-state index < -0.39 is 0 Å². The van der Waals surface area contributed by atoms with Crippen molar-refractivity contribution in [3.63, 3.8) is 0 Å². The summed E-state index contributed by atoms with van der Waals surface area (Å²) in [7, 11) is 1.91. The minimum atomic E-state index is -0.367. The van der Waals surface area contributed by atoms with Gasteiger partial charge in [0.25, 0.3) is 0 Å². The SMILES string of the molecule is CCCN1CC(C)(C)CN(C)C(CO)C1=O. The maximum Gasteiger partial charge on any atom is 0.242 e. The predicted molar refractivity (Wildman–Crippen MR) is 64.2 cm³/mol. The van der Waals surface area contributed by atoms with Gasteiger partial charge in [0.2, 0.25) is 5.91 Å². The van der Waals surface area contributed by atoms with E-state index in [0.717, 1.165) is 26.1 Å². The van der Waals surface area contributed by atoms with Crippen molar-refractivity contribution in [1.82, 2.24) is 9.80 Å². The van der Waals surface area contributed by atoms with Gasteiger partial charge in [0, 0.05) is 19.6 Å². The van der Waals surface area contributed by atoms with Crippen molar-refractivity contribution in [2.45, 2.75) is 33.2 Å². The van der Waals surface area contributed by atoms with Crippen molar-refractivity contribution in [2.24, 2.45) is 5.41 Å². The van der Waals surface area contributed by atoms with Gasteiger partial charge < -0.3 is 10.0 Å². The molecule has 1 aliphatic heterocycles. The Morgan fingerprint density at radius 1 is 1.44 bits per heavy atom. The molecule has 4 heteroatoms. The predicted octanol–water partition coefficient (Wildman–Crippen LogP) is 0.558. The molecule has 0 radical (unpaired) electrons. The van der Waals surface area contributed by atoms with Crippen molar-refractivity contribution >= 4 is 5.91 Å². The Balaban J connectivity index is 2.89. The molecule has 0 aliphatic carbocycles. The molecular weight excluding hydrogens is 204 g/mol. The maximum absolute atomic E-state index is 12.2.